The van der Waals surface area contributed by atoms with Crippen molar-refractivity contribution in [3.8, 4) is 0 Å². The number of benzene rings is 1. The summed E-state index contributed by atoms with van der Waals surface area (Å²) >= 11 is 3.17. The molecule has 0 radical (unpaired) electrons. The molecule has 1 aromatic carbocycles. The van der Waals surface area contributed by atoms with E-state index >= 15 is 0 Å². The number of nitrogens with one attached hydrogen (secondary N) is 1. The van der Waals surface area contributed by atoms with E-state index in [9.17, 15) is 12.8 Å². The molecule has 1 saturated heterocycles. The average molecular weight is 457 g/mol. The molecule has 0 spiro atoms. The molecule has 9 heteroatoms. The van der Waals surface area contributed by atoms with Crippen LogP contribution < -0.4 is 5.32 Å². The molecule has 3 rings (SSSR count). The molecule has 1 aromatic heterocycles. The Balaban J connectivity index is 1.57. The number of piperazine rings is 1. The maximum Gasteiger partial charge on any atom is 0.244 e. The summed E-state index contributed by atoms with van der Waals surface area (Å²) in [5.74, 6) is 0.319. The Hall–Kier alpha value is -1.55. The first kappa shape index (κ1) is 20.2. The zero-order valence-corrected chi connectivity index (χ0v) is 17.4. The Bertz CT molecular complexity index is 885. The van der Waals surface area contributed by atoms with Gasteiger partial charge in [0.15, 0.2) is 0 Å². The minimum atomic E-state index is -3.50. The molecule has 2 aromatic rings. The van der Waals surface area contributed by atoms with Crippen LogP contribution in [0.25, 0.3) is 0 Å². The van der Waals surface area contributed by atoms with E-state index in [2.05, 4.69) is 31.1 Å². The average Bonchev–Trinajstić information content (AvgIpc) is 2.65. The zero-order valence-electron chi connectivity index (χ0n) is 15.0. The number of aromatic nitrogens is 1. The van der Waals surface area contributed by atoms with Crippen LogP contribution in [0.2, 0.25) is 0 Å². The minimum Gasteiger partial charge on any atom is -0.370 e. The lowest BCUT2D eigenvalue weighted by Gasteiger charge is -2.31. The molecule has 0 amide bonds. The van der Waals surface area contributed by atoms with Crippen molar-refractivity contribution in [2.24, 2.45) is 0 Å². The minimum absolute atomic E-state index is 0.208. The predicted octanol–water partition coefficient (Wildman–Crippen LogP) is 2.57. The van der Waals surface area contributed by atoms with Crippen LogP contribution in [0.5, 0.6) is 0 Å². The van der Waals surface area contributed by atoms with Crippen LogP contribution in [0.1, 0.15) is 5.56 Å². The molecule has 6 nitrogen and oxygen atoms in total. The summed E-state index contributed by atoms with van der Waals surface area (Å²) in [6.07, 6.45) is 2.09. The summed E-state index contributed by atoms with van der Waals surface area (Å²) in [7, 11) is -1.52. The first-order chi connectivity index (χ1) is 12.9. The quantitative estimate of drug-likeness (QED) is 0.723. The lowest BCUT2D eigenvalue weighted by atomic mass is 10.1. The number of hydrogen-bond donors (Lipinski definition) is 1. The fourth-order valence-corrected chi connectivity index (χ4v) is 4.64. The van der Waals surface area contributed by atoms with Gasteiger partial charge in [0, 0.05) is 38.9 Å². The summed E-state index contributed by atoms with van der Waals surface area (Å²) in [6.45, 7) is 3.05. The third-order valence-electron chi connectivity index (χ3n) is 4.54. The Labute approximate surface area is 167 Å². The van der Waals surface area contributed by atoms with Gasteiger partial charge in [0.2, 0.25) is 10.0 Å². The van der Waals surface area contributed by atoms with Crippen molar-refractivity contribution >= 4 is 31.8 Å². The Morgan fingerprint density at radius 3 is 2.56 bits per heavy atom. The van der Waals surface area contributed by atoms with Crippen molar-refractivity contribution in [3.63, 3.8) is 0 Å². The molecule has 0 bridgehead atoms. The van der Waals surface area contributed by atoms with Crippen molar-refractivity contribution in [1.29, 1.82) is 0 Å². The van der Waals surface area contributed by atoms with E-state index in [-0.39, 0.29) is 10.7 Å². The molecule has 27 heavy (non-hydrogen) atoms. The SMILES string of the molecule is CN1CCN(S(=O)(=O)c2ccc(NCCc3ccc(F)c(Br)c3)nc2)CC1. The molecule has 0 atom stereocenters. The largest absolute Gasteiger partial charge is 0.370 e. The van der Waals surface area contributed by atoms with Crippen LogP contribution in [0.15, 0.2) is 45.9 Å². The van der Waals surface area contributed by atoms with Crippen LogP contribution in [0.3, 0.4) is 0 Å². The van der Waals surface area contributed by atoms with Gasteiger partial charge in [-0.1, -0.05) is 6.07 Å². The lowest BCUT2D eigenvalue weighted by molar-refractivity contribution is 0.222. The topological polar surface area (TPSA) is 65.5 Å². The van der Waals surface area contributed by atoms with Crippen molar-refractivity contribution in [2.75, 3.05) is 45.1 Å². The molecule has 1 aliphatic heterocycles. The van der Waals surface area contributed by atoms with Crippen molar-refractivity contribution in [1.82, 2.24) is 14.2 Å². The third-order valence-corrected chi connectivity index (χ3v) is 7.03. The van der Waals surface area contributed by atoms with Crippen LogP contribution in [0, 0.1) is 5.82 Å². The van der Waals surface area contributed by atoms with E-state index in [0.29, 0.717) is 36.3 Å². The summed E-state index contributed by atoms with van der Waals surface area (Å²) in [5, 5.41) is 3.16. The predicted molar refractivity (Wildman–Crippen MR) is 107 cm³/mol. The molecular formula is C18H22BrFN4O2S. The van der Waals surface area contributed by atoms with Gasteiger partial charge in [-0.25, -0.2) is 17.8 Å². The number of halogens is 2. The van der Waals surface area contributed by atoms with E-state index in [1.54, 1.807) is 24.3 Å². The van der Waals surface area contributed by atoms with Crippen molar-refractivity contribution < 1.29 is 12.8 Å². The molecule has 0 saturated carbocycles. The van der Waals surface area contributed by atoms with E-state index in [0.717, 1.165) is 18.7 Å². The first-order valence-electron chi connectivity index (χ1n) is 8.69. The maximum absolute atomic E-state index is 13.2. The van der Waals surface area contributed by atoms with Crippen molar-refractivity contribution in [2.45, 2.75) is 11.3 Å². The van der Waals surface area contributed by atoms with Crippen LogP contribution in [-0.2, 0) is 16.4 Å². The van der Waals surface area contributed by atoms with Gasteiger partial charge >= 0.3 is 0 Å². The smallest absolute Gasteiger partial charge is 0.244 e. The highest BCUT2D eigenvalue weighted by Gasteiger charge is 2.27. The molecule has 1 N–H and O–H groups in total. The molecule has 0 unspecified atom stereocenters. The number of sulfonamides is 1. The zero-order chi connectivity index (χ0) is 19.4. The highest BCUT2D eigenvalue weighted by molar-refractivity contribution is 9.10. The van der Waals surface area contributed by atoms with Gasteiger partial charge in [-0.3, -0.25) is 0 Å². The second kappa shape index (κ2) is 8.64. The van der Waals surface area contributed by atoms with Gasteiger partial charge in [-0.2, -0.15) is 4.31 Å². The van der Waals surface area contributed by atoms with E-state index in [1.807, 2.05) is 7.05 Å². The monoisotopic (exact) mass is 456 g/mol. The molecule has 146 valence electrons. The van der Waals surface area contributed by atoms with E-state index < -0.39 is 10.0 Å². The number of pyridine rings is 1. The van der Waals surface area contributed by atoms with E-state index in [4.69, 9.17) is 0 Å². The lowest BCUT2D eigenvalue weighted by Crippen LogP contribution is -2.47. The van der Waals surface area contributed by atoms with Crippen LogP contribution in [0.4, 0.5) is 10.2 Å². The highest BCUT2D eigenvalue weighted by atomic mass is 79.9. The summed E-state index contributed by atoms with van der Waals surface area (Å²) in [5.41, 5.74) is 0.991. The molecule has 1 fully saturated rings. The second-order valence-corrected chi connectivity index (χ2v) is 9.30. The fraction of sp³-hybridized carbons (Fsp3) is 0.389. The first-order valence-corrected chi connectivity index (χ1v) is 10.9. The summed E-state index contributed by atoms with van der Waals surface area (Å²) in [4.78, 5) is 6.54. The molecular weight excluding hydrogens is 435 g/mol. The van der Waals surface area contributed by atoms with Crippen LogP contribution in [-0.4, -0.2) is 62.4 Å². The Kier molecular flexibility index (Phi) is 6.46. The molecule has 0 aliphatic carbocycles. The van der Waals surface area contributed by atoms with Gasteiger partial charge in [-0.15, -0.1) is 0 Å². The highest BCUT2D eigenvalue weighted by Crippen LogP contribution is 2.19. The maximum atomic E-state index is 13.2. The second-order valence-electron chi connectivity index (χ2n) is 6.51. The number of rotatable bonds is 6. The Morgan fingerprint density at radius 1 is 1.19 bits per heavy atom. The fourth-order valence-electron chi connectivity index (χ4n) is 2.85. The van der Waals surface area contributed by atoms with Gasteiger partial charge in [0.1, 0.15) is 16.5 Å². The van der Waals surface area contributed by atoms with Gasteiger partial charge in [-0.05, 0) is 59.2 Å². The number of anilines is 1. The van der Waals surface area contributed by atoms with Crippen molar-refractivity contribution in [3.05, 3.63) is 52.4 Å². The van der Waals surface area contributed by atoms with Gasteiger partial charge < -0.3 is 10.2 Å². The summed E-state index contributed by atoms with van der Waals surface area (Å²) in [6, 6.07) is 8.16. The van der Waals surface area contributed by atoms with E-state index in [1.165, 1.54) is 16.6 Å². The van der Waals surface area contributed by atoms with Gasteiger partial charge in [0.05, 0.1) is 4.47 Å². The van der Waals surface area contributed by atoms with Gasteiger partial charge in [0.25, 0.3) is 0 Å². The Morgan fingerprint density at radius 2 is 1.93 bits per heavy atom. The summed E-state index contributed by atoms with van der Waals surface area (Å²) < 4.78 is 40.5. The standard InChI is InChI=1S/C18H22BrFN4O2S/c1-23-8-10-24(11-9-23)27(25,26)15-3-5-18(22-13-15)21-7-6-14-2-4-17(20)16(19)12-14/h2-5,12-13H,6-11H2,1H3,(H,21,22). The third kappa shape index (κ3) is 5.04. The molecule has 1 aliphatic rings. The normalized spacial score (nSPS) is 16.4. The number of likely N-dealkylation sites (N-methyl/N-ethyl adjacent to an activating group) is 1. The number of nitrogens with zero attached hydrogens (tertiary/aromatic N) is 3. The molecule has 2 heterocycles. The number of hydrogen-bond acceptors (Lipinski definition) is 5. The van der Waals surface area contributed by atoms with Crippen LogP contribution >= 0.6 is 15.9 Å².